The van der Waals surface area contributed by atoms with Gasteiger partial charge in [-0.2, -0.15) is 0 Å². The predicted molar refractivity (Wildman–Crippen MR) is 91.7 cm³/mol. The molecule has 0 atom stereocenters. The number of carbonyl (C=O) groups is 1. The SMILES string of the molecule is CCOC(=O)c1cc(S(=O)(=O)N(C)C)cnc1N(C)C1CCCC1. The highest BCUT2D eigenvalue weighted by molar-refractivity contribution is 7.89. The van der Waals surface area contributed by atoms with Crippen molar-refractivity contribution in [1.82, 2.24) is 9.29 Å². The van der Waals surface area contributed by atoms with E-state index in [0.717, 1.165) is 30.0 Å². The Morgan fingerprint density at radius 1 is 1.29 bits per heavy atom. The zero-order valence-electron chi connectivity index (χ0n) is 14.7. The molecule has 2 rings (SSSR count). The van der Waals surface area contributed by atoms with E-state index < -0.39 is 16.0 Å². The maximum Gasteiger partial charge on any atom is 0.341 e. The summed E-state index contributed by atoms with van der Waals surface area (Å²) in [6, 6.07) is 1.67. The van der Waals surface area contributed by atoms with Crippen molar-refractivity contribution in [2.75, 3.05) is 32.6 Å². The first-order valence-corrected chi connectivity index (χ1v) is 9.55. The van der Waals surface area contributed by atoms with Crippen molar-refractivity contribution in [3.63, 3.8) is 0 Å². The topological polar surface area (TPSA) is 79.8 Å². The quantitative estimate of drug-likeness (QED) is 0.725. The Kier molecular flexibility index (Phi) is 5.82. The molecule has 1 saturated carbocycles. The van der Waals surface area contributed by atoms with Crippen molar-refractivity contribution in [1.29, 1.82) is 0 Å². The monoisotopic (exact) mass is 355 g/mol. The Labute approximate surface area is 143 Å². The number of nitrogens with zero attached hydrogens (tertiary/aromatic N) is 3. The van der Waals surface area contributed by atoms with Gasteiger partial charge in [0.1, 0.15) is 16.3 Å². The Hall–Kier alpha value is -1.67. The van der Waals surface area contributed by atoms with Crippen molar-refractivity contribution in [2.24, 2.45) is 0 Å². The van der Waals surface area contributed by atoms with E-state index in [1.54, 1.807) is 6.92 Å². The van der Waals surface area contributed by atoms with Gasteiger partial charge in [0, 0.05) is 33.4 Å². The molecule has 0 radical (unpaired) electrons. The fraction of sp³-hybridized carbons (Fsp3) is 0.625. The summed E-state index contributed by atoms with van der Waals surface area (Å²) in [5, 5.41) is 0. The van der Waals surface area contributed by atoms with Gasteiger partial charge < -0.3 is 9.64 Å². The molecule has 0 bridgehead atoms. The fourth-order valence-corrected chi connectivity index (χ4v) is 3.77. The molecule has 1 heterocycles. The second-order valence-electron chi connectivity index (χ2n) is 6.10. The van der Waals surface area contributed by atoms with Crippen LogP contribution in [-0.2, 0) is 14.8 Å². The summed E-state index contributed by atoms with van der Waals surface area (Å²) < 4.78 is 30.8. The van der Waals surface area contributed by atoms with Crippen LogP contribution in [0, 0.1) is 0 Å². The summed E-state index contributed by atoms with van der Waals surface area (Å²) in [5.74, 6) is -0.0845. The van der Waals surface area contributed by atoms with Gasteiger partial charge in [-0.1, -0.05) is 12.8 Å². The van der Waals surface area contributed by atoms with Crippen LogP contribution < -0.4 is 4.90 Å². The first-order valence-electron chi connectivity index (χ1n) is 8.11. The zero-order valence-corrected chi connectivity index (χ0v) is 15.5. The van der Waals surface area contributed by atoms with Gasteiger partial charge in [0.05, 0.1) is 6.61 Å². The van der Waals surface area contributed by atoms with Crippen LogP contribution in [0.4, 0.5) is 5.82 Å². The number of anilines is 1. The highest BCUT2D eigenvalue weighted by Crippen LogP contribution is 2.29. The molecule has 24 heavy (non-hydrogen) atoms. The van der Waals surface area contributed by atoms with Crippen LogP contribution in [0.2, 0.25) is 0 Å². The van der Waals surface area contributed by atoms with Crippen LogP contribution in [0.25, 0.3) is 0 Å². The molecular formula is C16H25N3O4S. The third-order valence-corrected chi connectivity index (χ3v) is 6.10. The van der Waals surface area contributed by atoms with Crippen LogP contribution >= 0.6 is 0 Å². The number of hydrogen-bond donors (Lipinski definition) is 0. The number of esters is 1. The van der Waals surface area contributed by atoms with E-state index in [4.69, 9.17) is 4.74 Å². The predicted octanol–water partition coefficient (Wildman–Crippen LogP) is 1.89. The minimum atomic E-state index is -3.66. The average molecular weight is 355 g/mol. The lowest BCUT2D eigenvalue weighted by atomic mass is 10.2. The molecule has 0 aliphatic heterocycles. The number of rotatable bonds is 6. The van der Waals surface area contributed by atoms with Crippen LogP contribution in [0.1, 0.15) is 43.0 Å². The second kappa shape index (κ2) is 7.48. The first-order chi connectivity index (χ1) is 11.3. The van der Waals surface area contributed by atoms with E-state index in [9.17, 15) is 13.2 Å². The Balaban J connectivity index is 2.48. The Morgan fingerprint density at radius 3 is 2.46 bits per heavy atom. The van der Waals surface area contributed by atoms with Gasteiger partial charge in [-0.05, 0) is 25.8 Å². The number of hydrogen-bond acceptors (Lipinski definition) is 6. The van der Waals surface area contributed by atoms with Crippen molar-refractivity contribution < 1.29 is 17.9 Å². The number of aromatic nitrogens is 1. The molecule has 0 unspecified atom stereocenters. The fourth-order valence-electron chi connectivity index (χ4n) is 2.89. The minimum absolute atomic E-state index is 0.0147. The zero-order chi connectivity index (χ0) is 17.9. The molecule has 0 saturated heterocycles. The molecule has 0 aromatic carbocycles. The van der Waals surface area contributed by atoms with Crippen molar-refractivity contribution in [3.8, 4) is 0 Å². The third-order valence-electron chi connectivity index (χ3n) is 4.32. The van der Waals surface area contributed by atoms with Crippen LogP contribution in [0.5, 0.6) is 0 Å². The van der Waals surface area contributed by atoms with Crippen molar-refractivity contribution in [2.45, 2.75) is 43.5 Å². The molecule has 134 valence electrons. The van der Waals surface area contributed by atoms with Gasteiger partial charge in [0.2, 0.25) is 10.0 Å². The molecule has 0 N–H and O–H groups in total. The lowest BCUT2D eigenvalue weighted by Gasteiger charge is -2.27. The summed E-state index contributed by atoms with van der Waals surface area (Å²) >= 11 is 0. The van der Waals surface area contributed by atoms with Crippen molar-refractivity contribution >= 4 is 21.8 Å². The van der Waals surface area contributed by atoms with Gasteiger partial charge in [-0.15, -0.1) is 0 Å². The largest absolute Gasteiger partial charge is 0.462 e. The minimum Gasteiger partial charge on any atom is -0.462 e. The molecular weight excluding hydrogens is 330 g/mol. The normalized spacial score (nSPS) is 15.7. The van der Waals surface area contributed by atoms with E-state index >= 15 is 0 Å². The summed E-state index contributed by atoms with van der Waals surface area (Å²) in [6.45, 7) is 1.93. The molecule has 7 nitrogen and oxygen atoms in total. The van der Waals surface area contributed by atoms with Gasteiger partial charge >= 0.3 is 5.97 Å². The Morgan fingerprint density at radius 2 is 1.92 bits per heavy atom. The molecule has 0 spiro atoms. The van der Waals surface area contributed by atoms with Gasteiger partial charge in [0.15, 0.2) is 0 Å². The van der Waals surface area contributed by atoms with Crippen LogP contribution in [0.3, 0.4) is 0 Å². The summed E-state index contributed by atoms with van der Waals surface area (Å²) in [6.07, 6.45) is 5.68. The smallest absolute Gasteiger partial charge is 0.341 e. The van der Waals surface area contributed by atoms with Gasteiger partial charge in [-0.3, -0.25) is 0 Å². The summed E-state index contributed by atoms with van der Waals surface area (Å²) in [4.78, 5) is 18.6. The van der Waals surface area contributed by atoms with E-state index in [0.29, 0.717) is 11.9 Å². The second-order valence-corrected chi connectivity index (χ2v) is 8.25. The van der Waals surface area contributed by atoms with E-state index in [1.807, 2.05) is 11.9 Å². The van der Waals surface area contributed by atoms with E-state index in [-0.39, 0.29) is 17.1 Å². The molecule has 1 fully saturated rings. The summed E-state index contributed by atoms with van der Waals surface area (Å²) in [7, 11) is 1.11. The third kappa shape index (κ3) is 3.70. The number of ether oxygens (including phenoxy) is 1. The Bertz CT molecular complexity index is 697. The number of carbonyl (C=O) groups excluding carboxylic acids is 1. The lowest BCUT2D eigenvalue weighted by Crippen LogP contribution is -2.32. The average Bonchev–Trinajstić information content (AvgIpc) is 3.08. The van der Waals surface area contributed by atoms with Gasteiger partial charge in [0.25, 0.3) is 0 Å². The maximum absolute atomic E-state index is 12.3. The van der Waals surface area contributed by atoms with Gasteiger partial charge in [-0.25, -0.2) is 22.5 Å². The first kappa shape index (κ1) is 18.7. The summed E-state index contributed by atoms with van der Waals surface area (Å²) in [5.41, 5.74) is 0.189. The molecule has 8 heteroatoms. The molecule has 1 aliphatic rings. The molecule has 0 amide bonds. The van der Waals surface area contributed by atoms with Crippen LogP contribution in [-0.4, -0.2) is 57.5 Å². The standard InChI is InChI=1S/C16H25N3O4S/c1-5-23-16(20)14-10-13(24(21,22)18(2)3)11-17-15(14)19(4)12-8-6-7-9-12/h10-12H,5-9H2,1-4H3. The van der Waals surface area contributed by atoms with Crippen molar-refractivity contribution in [3.05, 3.63) is 17.8 Å². The van der Waals surface area contributed by atoms with E-state index in [1.165, 1.54) is 26.4 Å². The maximum atomic E-state index is 12.3. The highest BCUT2D eigenvalue weighted by Gasteiger charge is 2.28. The molecule has 1 aliphatic carbocycles. The molecule has 1 aromatic rings. The highest BCUT2D eigenvalue weighted by atomic mass is 32.2. The van der Waals surface area contributed by atoms with E-state index in [2.05, 4.69) is 4.98 Å². The van der Waals surface area contributed by atoms with Crippen LogP contribution in [0.15, 0.2) is 17.2 Å². The number of pyridine rings is 1. The number of sulfonamides is 1. The lowest BCUT2D eigenvalue weighted by molar-refractivity contribution is 0.0526. The molecule has 1 aromatic heterocycles.